The third-order valence-electron chi connectivity index (χ3n) is 37.9. The zero-order chi connectivity index (χ0) is 75.3. The molecule has 15 nitrogen and oxygen atoms in total. The van der Waals surface area contributed by atoms with Crippen molar-refractivity contribution in [2.45, 2.75) is 387 Å². The largest absolute Gasteiger partial charge is 0.393 e. The number of rotatable bonds is 1. The molecule has 20 aliphatic rings. The average Bonchev–Trinajstić information content (AvgIpc) is 1.30. The molecule has 15 heteroatoms. The Morgan fingerprint density at radius 2 is 0.632 bits per heavy atom. The first-order valence-electron chi connectivity index (χ1n) is 43.8. The molecule has 20 fully saturated rings. The van der Waals surface area contributed by atoms with Crippen molar-refractivity contribution in [1.29, 1.82) is 0 Å². The summed E-state index contributed by atoms with van der Waals surface area (Å²) in [6.45, 7) is 49.7. The van der Waals surface area contributed by atoms with Crippen molar-refractivity contribution in [3.8, 4) is 0 Å². The Morgan fingerprint density at radius 3 is 0.981 bits per heavy atom. The van der Waals surface area contributed by atoms with E-state index < -0.39 is 23.1 Å². The fourth-order valence-electron chi connectivity index (χ4n) is 32.4. The normalized spacial score (nSPS) is 56.9. The molecule has 4 aliphatic heterocycles. The molecule has 0 aromatic carbocycles. The summed E-state index contributed by atoms with van der Waals surface area (Å²) in [5.41, 5.74) is 21.7. The lowest BCUT2D eigenvalue weighted by molar-refractivity contribution is -0.186. The summed E-state index contributed by atoms with van der Waals surface area (Å²) < 4.78 is 52.6. The molecule has 0 aromatic rings. The highest BCUT2D eigenvalue weighted by Gasteiger charge is 2.74. The number of fused-ring (bicyclic) bond motifs is 32. The van der Waals surface area contributed by atoms with E-state index in [0.717, 1.165) is 95.8 Å². The van der Waals surface area contributed by atoms with Gasteiger partial charge in [-0.05, 0) is 367 Å². The maximum atomic E-state index is 12.7. The number of carbonyl (C=O) groups is 1. The quantitative estimate of drug-likeness (QED) is 0.0970. The lowest BCUT2D eigenvalue weighted by Crippen LogP contribution is -2.63. The third-order valence-corrected chi connectivity index (χ3v) is 37.9. The van der Waals surface area contributed by atoms with Crippen LogP contribution < -0.4 is 5.73 Å². The monoisotopic (exact) mass is 1470 g/mol. The summed E-state index contributed by atoms with van der Waals surface area (Å²) in [4.78, 5) is 15.8. The van der Waals surface area contributed by atoms with Gasteiger partial charge >= 0.3 is 0 Å². The van der Waals surface area contributed by atoms with Gasteiger partial charge in [0.1, 0.15) is 5.78 Å². The van der Waals surface area contributed by atoms with E-state index in [1.807, 2.05) is 13.8 Å². The van der Waals surface area contributed by atoms with Gasteiger partial charge in [0.2, 0.25) is 0 Å². The van der Waals surface area contributed by atoms with Crippen LogP contribution in [0.25, 0.3) is 10.4 Å². The Labute approximate surface area is 638 Å². The minimum Gasteiger partial charge on any atom is -0.393 e. The second-order valence-corrected chi connectivity index (χ2v) is 44.1. The predicted molar refractivity (Wildman–Crippen MR) is 411 cm³/mol. The Kier molecular flexibility index (Phi) is 18.5. The Morgan fingerprint density at radius 1 is 0.349 bits per heavy atom. The van der Waals surface area contributed by atoms with Gasteiger partial charge in [-0.15, -0.1) is 0 Å². The fourth-order valence-corrected chi connectivity index (χ4v) is 32.4. The fraction of sp³-hybridized carbons (Fsp3) is 0.923. The van der Waals surface area contributed by atoms with E-state index >= 15 is 0 Å². The summed E-state index contributed by atoms with van der Waals surface area (Å²) in [6, 6.07) is 0.436. The van der Waals surface area contributed by atoms with Crippen molar-refractivity contribution >= 4 is 5.78 Å². The zero-order valence-electron chi connectivity index (χ0n) is 68.6. The van der Waals surface area contributed by atoms with Gasteiger partial charge in [0.15, 0.2) is 23.1 Å². The summed E-state index contributed by atoms with van der Waals surface area (Å²) >= 11 is 0. The van der Waals surface area contributed by atoms with Crippen LogP contribution in [0.3, 0.4) is 0 Å². The minimum absolute atomic E-state index is 0.0595. The molecule has 16 aliphatic carbocycles. The Hall–Kier alpha value is -2.24. The summed E-state index contributed by atoms with van der Waals surface area (Å²) in [5, 5.41) is 24.9. The molecule has 0 bridgehead atoms. The van der Waals surface area contributed by atoms with Crippen molar-refractivity contribution in [3.63, 3.8) is 0 Å². The number of Topliss-reactive ketones (excluding diaryl/α,β-unsaturated/α-hetero) is 1. The summed E-state index contributed by atoms with van der Waals surface area (Å²) in [5.74, 6) is 7.55. The number of ether oxygens (including phenoxy) is 8. The molecule has 0 amide bonds. The van der Waals surface area contributed by atoms with Crippen LogP contribution in [0.15, 0.2) is 41.6 Å². The molecule has 4 heterocycles. The molecule has 4 saturated heterocycles. The number of ketones is 1. The maximum Gasteiger partial charge on any atom is 0.163 e. The number of aliphatic hydroxyl groups excluding tert-OH is 2. The van der Waals surface area contributed by atoms with E-state index in [1.54, 1.807) is 0 Å². The number of aliphatic hydroxyl groups is 2. The van der Waals surface area contributed by atoms with Crippen molar-refractivity contribution < 1.29 is 52.9 Å². The number of carbonyl (C=O) groups excluding carboxylic acids is 1. The van der Waals surface area contributed by atoms with Gasteiger partial charge in [0.05, 0.1) is 61.0 Å². The van der Waals surface area contributed by atoms with E-state index in [-0.39, 0.29) is 94.2 Å². The van der Waals surface area contributed by atoms with E-state index in [4.69, 9.17) is 49.2 Å². The number of allylic oxidation sites excluding steroid dienone is 3. The van der Waals surface area contributed by atoms with E-state index in [9.17, 15) is 15.0 Å². The van der Waals surface area contributed by atoms with Crippen LogP contribution in [0.4, 0.5) is 0 Å². The average molecular weight is 1470 g/mol. The molecule has 0 aromatic heterocycles. The van der Waals surface area contributed by atoms with Crippen molar-refractivity contribution in [2.75, 3.05) is 0 Å². The SMILES string of the molecule is C=C1CCC2C3C(CC[C@]12C)[C@@]1(C)CC[C@@H](N)CC1[C@H]1OC(C)(C)O[C@H]31.C=C1CCC2C3C(CC[C@]12C)[C@@]1(C)CC[C@@H](N=[N+]=[N-])CC1[C@H]1OC(C)(C)O[C@H]31.C=C1CCC2C3C(CC[C@]12C)[C@@]1(C)CC[C@H](O)CC1[C@H]1OC(C)(C)O[C@H]31.CC1(C)O[C@@H]2C3C(CC[C@]4(C)C(=O)CCC34)[C@@]3(C)CC[C@H](O)CC3[C@H]2O1. The van der Waals surface area contributed by atoms with E-state index in [1.165, 1.54) is 107 Å². The van der Waals surface area contributed by atoms with Crippen molar-refractivity contribution in [3.05, 3.63) is 46.9 Å². The minimum atomic E-state index is -0.565. The molecular weight excluding hydrogens is 1330 g/mol. The maximum absolute atomic E-state index is 12.7. The van der Waals surface area contributed by atoms with Crippen LogP contribution in [0.5, 0.6) is 0 Å². The first-order valence-corrected chi connectivity index (χ1v) is 43.8. The van der Waals surface area contributed by atoms with Crippen molar-refractivity contribution in [2.24, 2.45) is 149 Å². The smallest absolute Gasteiger partial charge is 0.163 e. The molecule has 36 atom stereocenters. The lowest BCUT2D eigenvalue weighted by atomic mass is 9.43. The highest BCUT2D eigenvalue weighted by Crippen LogP contribution is 2.75. The van der Waals surface area contributed by atoms with Gasteiger partial charge in [0, 0.05) is 28.8 Å². The molecule has 592 valence electrons. The second kappa shape index (κ2) is 25.6. The first-order chi connectivity index (χ1) is 49.7. The van der Waals surface area contributed by atoms with E-state index in [0.29, 0.717) is 117 Å². The van der Waals surface area contributed by atoms with Crippen LogP contribution in [-0.4, -0.2) is 112 Å². The molecule has 16 unspecified atom stereocenters. The molecule has 20 rings (SSSR count). The molecule has 106 heavy (non-hydrogen) atoms. The van der Waals surface area contributed by atoms with E-state index in [2.05, 4.69) is 127 Å². The van der Waals surface area contributed by atoms with Crippen molar-refractivity contribution in [1.82, 2.24) is 0 Å². The highest BCUT2D eigenvalue weighted by atomic mass is 16.8. The van der Waals surface area contributed by atoms with Crippen LogP contribution >= 0.6 is 0 Å². The zero-order valence-corrected chi connectivity index (χ0v) is 68.6. The number of azide groups is 1. The third kappa shape index (κ3) is 11.4. The summed E-state index contributed by atoms with van der Waals surface area (Å²) in [6.07, 6.45) is 32.3. The molecule has 4 N–H and O–H groups in total. The molecular formula is C91H142N4O11. The van der Waals surface area contributed by atoms with Gasteiger partial charge in [-0.1, -0.05) is 97.0 Å². The molecule has 0 radical (unpaired) electrons. The predicted octanol–water partition coefficient (Wildman–Crippen LogP) is 19.0. The van der Waals surface area contributed by atoms with Gasteiger partial charge in [0.25, 0.3) is 0 Å². The van der Waals surface area contributed by atoms with Crippen LogP contribution in [-0.2, 0) is 42.7 Å². The van der Waals surface area contributed by atoms with Crippen LogP contribution in [0.2, 0.25) is 0 Å². The number of nitrogens with zero attached hydrogens (tertiary/aromatic N) is 3. The molecule has 16 saturated carbocycles. The topological polar surface area (TPSA) is 206 Å². The highest BCUT2D eigenvalue weighted by molar-refractivity contribution is 5.87. The number of hydrogen-bond acceptors (Lipinski definition) is 13. The van der Waals surface area contributed by atoms with Gasteiger partial charge in [-0.25, -0.2) is 0 Å². The van der Waals surface area contributed by atoms with Gasteiger partial charge < -0.3 is 53.8 Å². The number of hydrogen-bond donors (Lipinski definition) is 3. The van der Waals surface area contributed by atoms with Crippen LogP contribution in [0.1, 0.15) is 291 Å². The van der Waals surface area contributed by atoms with Gasteiger partial charge in [-0.2, -0.15) is 0 Å². The van der Waals surface area contributed by atoms with Gasteiger partial charge in [-0.3, -0.25) is 4.79 Å². The lowest BCUT2D eigenvalue weighted by Gasteiger charge is -2.63. The summed E-state index contributed by atoms with van der Waals surface area (Å²) in [7, 11) is 0. The van der Waals surface area contributed by atoms with Crippen LogP contribution in [0, 0.1) is 138 Å². The molecule has 0 spiro atoms. The Balaban J connectivity index is 0.000000104. The second-order valence-electron chi connectivity index (χ2n) is 44.1. The standard InChI is InChI=1S/C23H35N3O2.C23H37NO2.C23H36O3.C22H34O4/c1-13-6-7-15-18-16(9-11-22(13,15)4)23(5)10-8-14(25-26-24)12-17(23)19-20(18)28-21(2,3)27-19;2*1-13-6-7-15-18-16(9-11-22(13,15)4)23(5)10-8-14(24)12-17(23)19-20(18)26-21(2,3)25-19;1-20(2)25-18-15-11-12(23)7-9-21(15,3)14-8-10-22(4)13(5-6-16(22)24)17(14)19(18)26-20/h14-20H,1,6-12H2,2-5H3;14-20H,1,6-12,24H2,2-5H3;14-20,24H,1,6-12H2,2-5H3;12-15,17-19,23H,5-11H2,1-4H3/t2*14-,15?,16?,17?,18?,19-,20-,22-,23-;14-,15?,16?,17?,18?,19+,20+,22+,23+;12-,13?,14?,15?,17?,18+,19+,21+,22-/m1100/s1. The number of nitrogens with two attached hydrogens (primary N) is 1. The first kappa shape index (κ1) is 76.4. The Bertz CT molecular complexity index is 3270.